The van der Waals surface area contributed by atoms with Crippen molar-refractivity contribution in [2.75, 3.05) is 13.1 Å². The Hall–Kier alpha value is -4.45. The molecule has 0 radical (unpaired) electrons. The second-order valence-corrected chi connectivity index (χ2v) is 58.3. The van der Waals surface area contributed by atoms with Crippen LogP contribution in [0.25, 0.3) is 0 Å². The Balaban J connectivity index is -0.000000947. The maximum Gasteiger partial charge on any atom is 0.483 e. The van der Waals surface area contributed by atoms with Crippen LogP contribution in [0.3, 0.4) is 0 Å². The van der Waals surface area contributed by atoms with Crippen LogP contribution in [0.2, 0.25) is 117 Å². The zero-order chi connectivity index (χ0) is 99.9. The average molecular weight is 2070 g/mol. The van der Waals surface area contributed by atoms with Crippen LogP contribution < -0.4 is 10.6 Å². The molecule has 724 valence electrons. The molecule has 0 heterocycles. The summed E-state index contributed by atoms with van der Waals surface area (Å²) < 4.78 is 660. The molecule has 0 bridgehead atoms. The molecule has 12 unspecified atom stereocenters. The Morgan fingerprint density at radius 3 is 0.752 bits per heavy atom. The lowest BCUT2D eigenvalue weighted by molar-refractivity contribution is -0.496. The van der Waals surface area contributed by atoms with Gasteiger partial charge in [0.15, 0.2) is 16.6 Å². The van der Waals surface area contributed by atoms with Crippen LogP contribution >= 0.6 is 0 Å². The van der Waals surface area contributed by atoms with E-state index in [-0.39, 0.29) is 5.32 Å². The topological polar surface area (TPSA) is 244 Å². The maximum absolute atomic E-state index is 16.6. The number of carbonyl (C=O) groups excluding carboxylic acids is 8. The molecular formula is C46H66F46N2O17Si10. The van der Waals surface area contributed by atoms with Crippen molar-refractivity contribution in [1.29, 1.82) is 0 Å². The summed E-state index contributed by atoms with van der Waals surface area (Å²) in [7, 11) is -33.3. The molecular weight excluding hydrogens is 2010 g/mol. The number of alkyl halides is 34. The first-order chi connectivity index (χ1) is 52.3. The van der Waals surface area contributed by atoms with Crippen molar-refractivity contribution < 1.29 is 277 Å². The van der Waals surface area contributed by atoms with E-state index in [0.717, 1.165) is 25.0 Å². The van der Waals surface area contributed by atoms with Gasteiger partial charge in [0.25, 0.3) is 54.6 Å². The van der Waals surface area contributed by atoms with Crippen molar-refractivity contribution in [3.8, 4) is 0 Å². The average Bonchev–Trinajstić information content (AvgIpc) is 0.642. The van der Waals surface area contributed by atoms with Gasteiger partial charge in [0, 0.05) is 13.1 Å². The number of halogens is 46. The SMILES string of the molecule is C[SiH](O[SiH](C)O[SiH](C)O[Si](C)(CCCNC(=O)C(F)(C(F)(F)F)C(F)(C(F)(F)F)C(F)(C(F)(F)F)C(F)(C(F)(F)F)C(F)(C(F)(F)F)C(F)(F)C(F)(F)F)O[Si](C)(CCCNC(=O)C(F)(C(F)(F)F)C(F)(F)C(F)(F)F)O[Si](C)(C)C)O[SiH](C)O[Si](C)(C)O[Si](C)(C)O[Si](C)(C)C.O=C(F)F.O=C(F)F.O=C(F)F.O=C(F)F.O=C(F)F.O=C(F)F. The van der Waals surface area contributed by atoms with Crippen molar-refractivity contribution >= 4 is 138 Å². The first kappa shape index (κ1) is 130. The summed E-state index contributed by atoms with van der Waals surface area (Å²) >= 11 is 0. The molecule has 12 atom stereocenters. The fraction of sp³-hybridized carbons (Fsp3) is 0.826. The summed E-state index contributed by atoms with van der Waals surface area (Å²) in [5.74, 6) is -26.1. The normalized spacial score (nSPS) is 18.2. The zero-order valence-electron chi connectivity index (χ0n) is 62.9. The van der Waals surface area contributed by atoms with Crippen LogP contribution in [0.1, 0.15) is 12.8 Å². The van der Waals surface area contributed by atoms with E-state index in [1.165, 1.54) is 32.7 Å². The molecule has 0 rings (SSSR count). The molecule has 19 nitrogen and oxygen atoms in total. The highest BCUT2D eigenvalue weighted by Crippen LogP contribution is 2.74. The standard InChI is InChI=1S/C40H66F34N2O11Si10.6CF2O/c1-88(80-90(3)82-94(11,12)86-95(13,14)84-92(5,6)7)79-89(2)81-91(4)83-96(15,87-97(16,85-93(8,9)10)22-18-20-76-24(78)26(42,34(54,55)56)31(47,48)39(69,70)71)21-17-19-75-23(77)25(41,33(51,52)53)27(43,35(57,58)59)28(44,36(60,61)62)29(45,37(63,64)65)30(46,38(66,67)68)32(49,50)40(72,73)74;6*2-1(3)4/h88-91H,17-22H2,1-16H3,(H,75,77)(H,76,78);;;;;;. The molecule has 0 aromatic heterocycles. The van der Waals surface area contributed by atoms with Gasteiger partial charge >= 0.3 is 162 Å². The van der Waals surface area contributed by atoms with E-state index < -0.39 is 271 Å². The van der Waals surface area contributed by atoms with Crippen molar-refractivity contribution in [3.63, 3.8) is 0 Å². The monoisotopic (exact) mass is 2070 g/mol. The summed E-state index contributed by atoms with van der Waals surface area (Å²) in [6, 6.07) is -2.23. The molecule has 0 aromatic carbocycles. The van der Waals surface area contributed by atoms with Gasteiger partial charge < -0.3 is 47.7 Å². The van der Waals surface area contributed by atoms with Gasteiger partial charge in [-0.1, -0.05) is 0 Å². The van der Waals surface area contributed by atoms with E-state index >= 15 is 22.0 Å². The Morgan fingerprint density at radius 1 is 0.264 bits per heavy atom. The van der Waals surface area contributed by atoms with Gasteiger partial charge in [0.2, 0.25) is 0 Å². The van der Waals surface area contributed by atoms with E-state index in [0.29, 0.717) is 0 Å². The molecule has 0 aromatic rings. The summed E-state index contributed by atoms with van der Waals surface area (Å²) in [5.41, 5.74) is -59.3. The van der Waals surface area contributed by atoms with E-state index in [9.17, 15) is 190 Å². The molecule has 0 aliphatic heterocycles. The van der Waals surface area contributed by atoms with Gasteiger partial charge in [-0.2, -0.15) is 123 Å². The van der Waals surface area contributed by atoms with Crippen LogP contribution in [-0.4, -0.2) is 246 Å². The van der Waals surface area contributed by atoms with Crippen molar-refractivity contribution in [2.45, 2.75) is 225 Å². The molecule has 75 heteroatoms. The summed E-state index contributed by atoms with van der Waals surface area (Å²) in [6.45, 7) is 19.6. The molecule has 2 N–H and O–H groups in total. The number of nitrogens with one attached hydrogen (secondary N) is 2. The van der Waals surface area contributed by atoms with E-state index in [1.54, 1.807) is 32.7 Å². The fourth-order valence-electron chi connectivity index (χ4n) is 9.68. The second kappa shape index (κ2) is 46.5. The Bertz CT molecular complexity index is 3190. The number of carbonyl (C=O) groups is 8. The second-order valence-electron chi connectivity index (χ2n) is 25.8. The smallest absolute Gasteiger partial charge is 0.437 e. The summed E-state index contributed by atoms with van der Waals surface area (Å²) in [6.07, 6.45) is -91.9. The van der Waals surface area contributed by atoms with Crippen LogP contribution in [0.4, 0.5) is 231 Å². The van der Waals surface area contributed by atoms with Crippen LogP contribution in [0.5, 0.6) is 0 Å². The minimum atomic E-state index is -11.0. The molecule has 0 aliphatic carbocycles. The number of hydrogen-bond donors (Lipinski definition) is 2. The quantitative estimate of drug-likeness (QED) is 0.0263. The fourth-order valence-corrected chi connectivity index (χ4v) is 50.4. The highest BCUT2D eigenvalue weighted by atomic mass is 28.5. The summed E-state index contributed by atoms with van der Waals surface area (Å²) in [4.78, 5) is 74.0. The highest BCUT2D eigenvalue weighted by Gasteiger charge is 3.08. The van der Waals surface area contributed by atoms with Gasteiger partial charge in [0.05, 0.1) is 0 Å². The third-order valence-electron chi connectivity index (χ3n) is 12.6. The molecule has 0 aliphatic rings. The number of rotatable bonds is 34. The highest BCUT2D eigenvalue weighted by molar-refractivity contribution is 6.89. The van der Waals surface area contributed by atoms with Gasteiger partial charge in [-0.05, 0) is 130 Å². The Morgan fingerprint density at radius 2 is 0.504 bits per heavy atom. The van der Waals surface area contributed by atoms with Crippen LogP contribution in [0.15, 0.2) is 0 Å². The van der Waals surface area contributed by atoms with Crippen molar-refractivity contribution in [2.24, 2.45) is 0 Å². The first-order valence-corrected chi connectivity index (χ1v) is 56.4. The van der Waals surface area contributed by atoms with Gasteiger partial charge in [-0.25, -0.2) is 55.1 Å². The lowest BCUT2D eigenvalue weighted by Gasteiger charge is -2.56. The lowest BCUT2D eigenvalue weighted by atomic mass is 9.59. The van der Waals surface area contributed by atoms with Gasteiger partial charge in [-0.3, -0.25) is 9.59 Å². The number of hydrogen-bond acceptors (Lipinski definition) is 17. The van der Waals surface area contributed by atoms with Crippen molar-refractivity contribution in [1.82, 2.24) is 10.6 Å². The first-order valence-electron chi connectivity index (χ1n) is 30.5. The third-order valence-corrected chi connectivity index (χ3v) is 47.3. The van der Waals surface area contributed by atoms with Crippen LogP contribution in [0, 0.1) is 0 Å². The van der Waals surface area contributed by atoms with Crippen LogP contribution in [-0.2, 0) is 46.6 Å². The Kier molecular flexibility index (Phi) is 49.8. The van der Waals surface area contributed by atoms with E-state index in [4.69, 9.17) is 65.8 Å². The lowest BCUT2D eigenvalue weighted by Crippen LogP contribution is -2.92. The molecule has 0 saturated carbocycles. The molecule has 0 fully saturated rings. The van der Waals surface area contributed by atoms with Gasteiger partial charge in [-0.15, -0.1) is 52.7 Å². The number of amides is 2. The predicted octanol–water partition coefficient (Wildman–Crippen LogP) is 21.1. The molecule has 2 amide bonds. The minimum Gasteiger partial charge on any atom is -0.437 e. The molecule has 121 heavy (non-hydrogen) atoms. The third kappa shape index (κ3) is 39.0. The van der Waals surface area contributed by atoms with Crippen molar-refractivity contribution in [3.05, 3.63) is 0 Å². The predicted molar refractivity (Wildman–Crippen MR) is 339 cm³/mol. The largest absolute Gasteiger partial charge is 0.483 e. The minimum absolute atomic E-state index is 0.0800. The Labute approximate surface area is 662 Å². The molecule has 0 saturated heterocycles. The molecule has 0 spiro atoms. The van der Waals surface area contributed by atoms with E-state index in [2.05, 4.69) is 0 Å². The zero-order valence-corrected chi connectivity index (χ0v) is 73.5. The summed E-state index contributed by atoms with van der Waals surface area (Å²) in [5, 5.41) is 0.938. The van der Waals surface area contributed by atoms with E-state index in [1.807, 2.05) is 19.6 Å². The van der Waals surface area contributed by atoms with Gasteiger partial charge in [0.1, 0.15) is 0 Å². The maximum atomic E-state index is 16.6.